The van der Waals surface area contributed by atoms with Crippen LogP contribution >= 0.6 is 11.6 Å². The Morgan fingerprint density at radius 3 is 2.49 bits per heavy atom. The van der Waals surface area contributed by atoms with E-state index >= 15 is 8.78 Å². The number of anilines is 1. The Hall–Kier alpha value is -6.35. The predicted octanol–water partition coefficient (Wildman–Crippen LogP) is 6.48. The molecule has 1 saturated carbocycles. The van der Waals surface area contributed by atoms with Crippen molar-refractivity contribution in [2.75, 3.05) is 11.0 Å². The van der Waals surface area contributed by atoms with Crippen LogP contribution in [0.4, 0.5) is 32.2 Å². The summed E-state index contributed by atoms with van der Waals surface area (Å²) in [4.78, 5) is 42.3. The van der Waals surface area contributed by atoms with E-state index in [2.05, 4.69) is 30.2 Å². The number of carbonyl (C=O) groups is 1. The van der Waals surface area contributed by atoms with E-state index in [1.54, 1.807) is 6.07 Å². The Balaban J connectivity index is 1.26. The molecule has 4 aromatic heterocycles. The van der Waals surface area contributed by atoms with E-state index < -0.39 is 87.7 Å². The molecular formula is C39H29ClF6N10O4S. The Kier molecular flexibility index (Phi) is 9.46. The smallest absolute Gasteiger partial charge is 0.293 e. The van der Waals surface area contributed by atoms with Crippen LogP contribution in [0.15, 0.2) is 71.9 Å². The van der Waals surface area contributed by atoms with Crippen molar-refractivity contribution >= 4 is 55.2 Å². The molecule has 0 radical (unpaired) electrons. The zero-order valence-electron chi connectivity index (χ0n) is 31.5. The summed E-state index contributed by atoms with van der Waals surface area (Å²) in [6, 6.07) is 8.42. The standard InChI is InChI=1S/C39H29ClF6N10O4S/c1-54-33-28(6-5-24(40)31(33)36(52-54)53-61(2,59)60)56-37(50-25-12-18(3-4-21(25)38(56)58)27-15-47-7-8-48-27)26(11-17-9-19(41)13-20(42)10-17)49-29(57)16-55-34-30(32(51-55)35(43)44)22-14-23(22)39(34,45)46/h3-10,12-13,15,22-23,26,35H,11,14,16H2,1-2H3,(H,49,57)(H,52,53)/t22-,23+,26-/m0/s1. The molecule has 3 aromatic carbocycles. The van der Waals surface area contributed by atoms with Crippen molar-refractivity contribution in [2.45, 2.75) is 43.7 Å². The molecule has 7 aromatic rings. The van der Waals surface area contributed by atoms with Gasteiger partial charge >= 0.3 is 0 Å². The second-order valence-electron chi connectivity index (χ2n) is 14.8. The van der Waals surface area contributed by atoms with Gasteiger partial charge in [0, 0.05) is 49.0 Å². The van der Waals surface area contributed by atoms with Crippen LogP contribution in [0, 0.1) is 17.6 Å². The molecule has 3 atom stereocenters. The fraction of sp³-hybridized carbons (Fsp3) is 0.256. The first-order valence-corrected chi connectivity index (χ1v) is 20.6. The number of hydrogen-bond donors (Lipinski definition) is 2. The molecule has 1 fully saturated rings. The summed E-state index contributed by atoms with van der Waals surface area (Å²) in [5.74, 6) is -9.06. The molecule has 0 bridgehead atoms. The van der Waals surface area contributed by atoms with E-state index in [9.17, 15) is 35.6 Å². The van der Waals surface area contributed by atoms with Crippen LogP contribution in [0.5, 0.6) is 0 Å². The minimum Gasteiger partial charge on any atom is -0.344 e. The fourth-order valence-corrected chi connectivity index (χ4v) is 8.92. The van der Waals surface area contributed by atoms with Gasteiger partial charge in [-0.1, -0.05) is 17.7 Å². The van der Waals surface area contributed by atoms with Crippen molar-refractivity contribution in [1.82, 2.24) is 44.4 Å². The number of benzene rings is 3. The third-order valence-corrected chi connectivity index (χ3v) is 11.5. The first-order chi connectivity index (χ1) is 28.9. The van der Waals surface area contributed by atoms with Gasteiger partial charge in [0.25, 0.3) is 17.9 Å². The number of aryl methyl sites for hydroxylation is 1. The van der Waals surface area contributed by atoms with E-state index in [1.807, 2.05) is 0 Å². The molecular weight excluding hydrogens is 854 g/mol. The van der Waals surface area contributed by atoms with Gasteiger partial charge in [0.15, 0.2) is 5.82 Å². The van der Waals surface area contributed by atoms with E-state index in [4.69, 9.17) is 16.6 Å². The Bertz CT molecular complexity index is 3120. The zero-order valence-corrected chi connectivity index (χ0v) is 33.1. The first-order valence-electron chi connectivity index (χ1n) is 18.4. The van der Waals surface area contributed by atoms with Crippen molar-refractivity contribution in [3.8, 4) is 16.9 Å². The van der Waals surface area contributed by atoms with Gasteiger partial charge in [-0.25, -0.2) is 31.0 Å². The van der Waals surface area contributed by atoms with Gasteiger partial charge in [-0.2, -0.15) is 19.0 Å². The lowest BCUT2D eigenvalue weighted by atomic mass is 10.0. The monoisotopic (exact) mass is 882 g/mol. The van der Waals surface area contributed by atoms with Gasteiger partial charge < -0.3 is 5.32 Å². The number of amides is 1. The van der Waals surface area contributed by atoms with E-state index in [1.165, 1.54) is 54.6 Å². The Morgan fingerprint density at radius 1 is 1.05 bits per heavy atom. The largest absolute Gasteiger partial charge is 0.344 e. The number of fused-ring (bicyclic) bond motifs is 5. The third kappa shape index (κ3) is 7.03. The molecule has 2 N–H and O–H groups in total. The van der Waals surface area contributed by atoms with Gasteiger partial charge in [0.05, 0.1) is 56.7 Å². The van der Waals surface area contributed by atoms with Crippen LogP contribution in [-0.2, 0) is 40.8 Å². The third-order valence-electron chi connectivity index (χ3n) is 10.7. The zero-order chi connectivity index (χ0) is 43.3. The molecule has 14 nitrogen and oxygen atoms in total. The number of alkyl halides is 4. The van der Waals surface area contributed by atoms with Crippen LogP contribution in [0.2, 0.25) is 5.02 Å². The minimum atomic E-state index is -3.91. The number of hydrogen-bond acceptors (Lipinski definition) is 9. The molecule has 2 aliphatic rings. The highest BCUT2D eigenvalue weighted by molar-refractivity contribution is 7.92. The lowest BCUT2D eigenvalue weighted by molar-refractivity contribution is -0.123. The van der Waals surface area contributed by atoms with E-state index in [0.29, 0.717) is 22.0 Å². The second-order valence-corrected chi connectivity index (χ2v) is 17.0. The van der Waals surface area contributed by atoms with Gasteiger partial charge in [0.1, 0.15) is 35.4 Å². The summed E-state index contributed by atoms with van der Waals surface area (Å²) in [6.45, 7) is -0.986. The number of nitrogens with one attached hydrogen (secondary N) is 2. The van der Waals surface area contributed by atoms with Crippen LogP contribution in [0.3, 0.4) is 0 Å². The van der Waals surface area contributed by atoms with Crippen molar-refractivity contribution in [3.05, 3.63) is 122 Å². The Morgan fingerprint density at radius 2 is 1.80 bits per heavy atom. The maximum Gasteiger partial charge on any atom is 0.293 e. The summed E-state index contributed by atoms with van der Waals surface area (Å²) in [5, 5.41) is 10.8. The number of nitrogens with zero attached hydrogens (tertiary/aromatic N) is 8. The average Bonchev–Trinajstić information content (AvgIpc) is 3.73. The summed E-state index contributed by atoms with van der Waals surface area (Å²) in [6.07, 6.45) is 1.60. The minimum absolute atomic E-state index is 0.00591. The van der Waals surface area contributed by atoms with E-state index in [-0.39, 0.29) is 61.7 Å². The number of carbonyl (C=O) groups excluding carboxylic acids is 1. The summed E-state index contributed by atoms with van der Waals surface area (Å²) in [7, 11) is -2.46. The van der Waals surface area contributed by atoms with Crippen LogP contribution in [0.1, 0.15) is 53.1 Å². The highest BCUT2D eigenvalue weighted by Crippen LogP contribution is 2.68. The quantitative estimate of drug-likeness (QED) is 0.138. The van der Waals surface area contributed by atoms with Gasteiger partial charge in [-0.3, -0.25) is 38.2 Å². The maximum atomic E-state index is 15.5. The van der Waals surface area contributed by atoms with Crippen molar-refractivity contribution in [2.24, 2.45) is 13.0 Å². The molecule has 22 heteroatoms. The van der Waals surface area contributed by atoms with Crippen LogP contribution in [-0.4, -0.2) is 59.7 Å². The van der Waals surface area contributed by atoms with E-state index in [0.717, 1.165) is 23.0 Å². The lowest BCUT2D eigenvalue weighted by Crippen LogP contribution is -2.38. The topological polar surface area (TPSA) is 172 Å². The molecule has 0 saturated heterocycles. The predicted molar refractivity (Wildman–Crippen MR) is 209 cm³/mol. The summed E-state index contributed by atoms with van der Waals surface area (Å²) >= 11 is 6.61. The lowest BCUT2D eigenvalue weighted by Gasteiger charge is -2.24. The van der Waals surface area contributed by atoms with Crippen molar-refractivity contribution < 1.29 is 39.6 Å². The molecule has 61 heavy (non-hydrogen) atoms. The van der Waals surface area contributed by atoms with Crippen molar-refractivity contribution in [3.63, 3.8) is 0 Å². The number of halogens is 7. The average molecular weight is 883 g/mol. The Labute approximate surface area is 345 Å². The van der Waals surface area contributed by atoms with Crippen molar-refractivity contribution in [1.29, 1.82) is 0 Å². The molecule has 9 rings (SSSR count). The highest BCUT2D eigenvalue weighted by atomic mass is 35.5. The molecule has 314 valence electrons. The highest BCUT2D eigenvalue weighted by Gasteiger charge is 2.67. The maximum absolute atomic E-state index is 15.5. The van der Waals surface area contributed by atoms with Gasteiger partial charge in [-0.15, -0.1) is 0 Å². The summed E-state index contributed by atoms with van der Waals surface area (Å²) in [5.41, 5.74) is -1.66. The molecule has 4 heterocycles. The first kappa shape index (κ1) is 40.1. The number of rotatable bonds is 11. The molecule has 1 amide bonds. The SMILES string of the molecule is Cn1nc(NS(C)(=O)=O)c2c(Cl)ccc(-n3c([C@H](Cc4cc(F)cc(F)c4)NC(=O)Cn4nc(C(F)F)c5c4C(F)(F)[C@@H]4C[C@H]54)nc4cc(-c5cnccn5)ccc4c3=O)c21. The fourth-order valence-electron chi connectivity index (χ4n) is 8.19. The van der Waals surface area contributed by atoms with Crippen LogP contribution in [0.25, 0.3) is 38.8 Å². The molecule has 0 aliphatic heterocycles. The second kappa shape index (κ2) is 14.4. The normalized spacial score (nSPS) is 17.1. The number of sulfonamides is 1. The molecule has 0 spiro atoms. The number of aromatic nitrogens is 8. The van der Waals surface area contributed by atoms with Crippen LogP contribution < -0.4 is 15.6 Å². The summed E-state index contributed by atoms with van der Waals surface area (Å²) < 4.78 is 119. The molecule has 2 aliphatic carbocycles. The molecule has 0 unspecified atom stereocenters. The van der Waals surface area contributed by atoms with Gasteiger partial charge in [0.2, 0.25) is 15.9 Å². The van der Waals surface area contributed by atoms with Gasteiger partial charge in [-0.05, 0) is 54.3 Å².